The molecule has 2 rings (SSSR count). The third-order valence-electron chi connectivity index (χ3n) is 2.77. The highest BCUT2D eigenvalue weighted by atomic mass is 127. The van der Waals surface area contributed by atoms with E-state index < -0.39 is 10.0 Å². The second kappa shape index (κ2) is 6.71. The molecule has 2 aromatic carbocycles. The largest absolute Gasteiger partial charge is 0.389 e. The van der Waals surface area contributed by atoms with Gasteiger partial charge < -0.3 is 5.73 Å². The third-order valence-corrected chi connectivity index (χ3v) is 5.15. The van der Waals surface area contributed by atoms with E-state index >= 15 is 0 Å². The normalized spacial score (nSPS) is 11.1. The summed E-state index contributed by atoms with van der Waals surface area (Å²) < 4.78 is 28.0. The summed E-state index contributed by atoms with van der Waals surface area (Å²) in [5, 5.41) is 0. The molecule has 0 heterocycles. The summed E-state index contributed by atoms with van der Waals surface area (Å²) in [6.07, 6.45) is 0. The molecule has 7 heteroatoms. The lowest BCUT2D eigenvalue weighted by atomic mass is 10.1. The SMILES string of the molecule is NC(=S)c1ccccc1CS(=O)(=O)Nc1ccccc1I. The van der Waals surface area contributed by atoms with Crippen molar-refractivity contribution in [2.24, 2.45) is 5.73 Å². The van der Waals surface area contributed by atoms with Gasteiger partial charge in [0.25, 0.3) is 0 Å². The molecule has 21 heavy (non-hydrogen) atoms. The van der Waals surface area contributed by atoms with E-state index in [4.69, 9.17) is 18.0 Å². The number of nitrogens with one attached hydrogen (secondary N) is 1. The number of benzene rings is 2. The molecule has 0 radical (unpaired) electrons. The fourth-order valence-electron chi connectivity index (χ4n) is 1.84. The molecule has 0 amide bonds. The number of thiocarbonyl (C=S) groups is 1. The number of hydrogen-bond donors (Lipinski definition) is 2. The summed E-state index contributed by atoms with van der Waals surface area (Å²) in [6, 6.07) is 14.2. The van der Waals surface area contributed by atoms with E-state index in [-0.39, 0.29) is 10.7 Å². The van der Waals surface area contributed by atoms with Gasteiger partial charge in [0.15, 0.2) is 0 Å². The summed E-state index contributed by atoms with van der Waals surface area (Å²) in [7, 11) is -3.54. The van der Waals surface area contributed by atoms with E-state index in [1.54, 1.807) is 36.4 Å². The second-order valence-electron chi connectivity index (χ2n) is 4.36. The standard InChI is InChI=1S/C14H13IN2O2S2/c15-12-7-3-4-8-13(12)17-21(18,19)9-10-5-1-2-6-11(10)14(16)20/h1-8,17H,9H2,(H2,16,20). The predicted molar refractivity (Wildman–Crippen MR) is 97.7 cm³/mol. The zero-order valence-electron chi connectivity index (χ0n) is 10.9. The minimum absolute atomic E-state index is 0.175. The lowest BCUT2D eigenvalue weighted by Crippen LogP contribution is -2.19. The van der Waals surface area contributed by atoms with Gasteiger partial charge in [-0.1, -0.05) is 48.6 Å². The Morgan fingerprint density at radius 1 is 1.14 bits per heavy atom. The smallest absolute Gasteiger partial charge is 0.236 e. The number of rotatable bonds is 5. The third kappa shape index (κ3) is 4.39. The van der Waals surface area contributed by atoms with E-state index in [0.29, 0.717) is 16.8 Å². The summed E-state index contributed by atoms with van der Waals surface area (Å²) in [5.74, 6) is -0.175. The average molecular weight is 432 g/mol. The number of nitrogens with two attached hydrogens (primary N) is 1. The van der Waals surface area contributed by atoms with Gasteiger partial charge in [-0.3, -0.25) is 4.72 Å². The van der Waals surface area contributed by atoms with Crippen molar-refractivity contribution in [2.75, 3.05) is 4.72 Å². The second-order valence-corrected chi connectivity index (χ2v) is 7.69. The van der Waals surface area contributed by atoms with Gasteiger partial charge in [-0.15, -0.1) is 0 Å². The van der Waals surface area contributed by atoms with Crippen LogP contribution in [0.15, 0.2) is 48.5 Å². The molecule has 0 saturated carbocycles. The Hall–Kier alpha value is -1.19. The maximum atomic E-state index is 12.3. The zero-order valence-corrected chi connectivity index (χ0v) is 14.7. The molecule has 0 atom stereocenters. The first-order chi connectivity index (χ1) is 9.89. The van der Waals surface area contributed by atoms with Crippen LogP contribution < -0.4 is 10.5 Å². The van der Waals surface area contributed by atoms with Gasteiger partial charge in [-0.05, 0) is 40.3 Å². The number of sulfonamides is 1. The van der Waals surface area contributed by atoms with Gasteiger partial charge in [-0.25, -0.2) is 8.42 Å². The van der Waals surface area contributed by atoms with Crippen LogP contribution in [0.5, 0.6) is 0 Å². The highest BCUT2D eigenvalue weighted by Crippen LogP contribution is 2.20. The molecule has 0 saturated heterocycles. The Morgan fingerprint density at radius 3 is 2.43 bits per heavy atom. The van der Waals surface area contributed by atoms with Crippen molar-refractivity contribution in [3.63, 3.8) is 0 Å². The molecule has 0 aliphatic heterocycles. The van der Waals surface area contributed by atoms with Crippen LogP contribution in [0.2, 0.25) is 0 Å². The molecule has 0 unspecified atom stereocenters. The fraction of sp³-hybridized carbons (Fsp3) is 0.0714. The summed E-state index contributed by atoms with van der Waals surface area (Å²) >= 11 is 7.03. The van der Waals surface area contributed by atoms with E-state index in [2.05, 4.69) is 27.3 Å². The van der Waals surface area contributed by atoms with E-state index in [0.717, 1.165) is 3.57 Å². The molecule has 0 aromatic heterocycles. The van der Waals surface area contributed by atoms with Gasteiger partial charge in [0.1, 0.15) is 4.99 Å². The van der Waals surface area contributed by atoms with E-state index in [1.165, 1.54) is 0 Å². The first-order valence-electron chi connectivity index (χ1n) is 6.02. The maximum Gasteiger partial charge on any atom is 0.236 e. The quantitative estimate of drug-likeness (QED) is 0.563. The molecule has 4 nitrogen and oxygen atoms in total. The fourth-order valence-corrected chi connectivity index (χ4v) is 3.99. The van der Waals surface area contributed by atoms with Crippen LogP contribution in [0.25, 0.3) is 0 Å². The van der Waals surface area contributed by atoms with E-state index in [1.807, 2.05) is 12.1 Å². The Balaban J connectivity index is 2.27. The summed E-state index contributed by atoms with van der Waals surface area (Å²) in [4.78, 5) is 0.190. The van der Waals surface area contributed by atoms with Crippen LogP contribution >= 0.6 is 34.8 Å². The van der Waals surface area contributed by atoms with Gasteiger partial charge in [0.2, 0.25) is 10.0 Å². The van der Waals surface area contributed by atoms with Crippen molar-refractivity contribution in [1.82, 2.24) is 0 Å². The summed E-state index contributed by atoms with van der Waals surface area (Å²) in [5.41, 5.74) is 7.36. The molecule has 2 aromatic rings. The van der Waals surface area contributed by atoms with Gasteiger partial charge >= 0.3 is 0 Å². The van der Waals surface area contributed by atoms with Crippen LogP contribution in [0.4, 0.5) is 5.69 Å². The number of para-hydroxylation sites is 1. The van der Waals surface area contributed by atoms with Crippen molar-refractivity contribution >= 4 is 55.5 Å². The van der Waals surface area contributed by atoms with Crippen molar-refractivity contribution in [1.29, 1.82) is 0 Å². The number of halogens is 1. The average Bonchev–Trinajstić information content (AvgIpc) is 2.41. The van der Waals surface area contributed by atoms with Gasteiger partial charge in [-0.2, -0.15) is 0 Å². The first kappa shape index (κ1) is 16.2. The van der Waals surface area contributed by atoms with Crippen LogP contribution in [0, 0.1) is 3.57 Å². The summed E-state index contributed by atoms with van der Waals surface area (Å²) in [6.45, 7) is 0. The zero-order chi connectivity index (χ0) is 15.5. The van der Waals surface area contributed by atoms with Gasteiger partial charge in [0, 0.05) is 9.13 Å². The minimum Gasteiger partial charge on any atom is -0.389 e. The Morgan fingerprint density at radius 2 is 1.76 bits per heavy atom. The maximum absolute atomic E-state index is 12.3. The highest BCUT2D eigenvalue weighted by Gasteiger charge is 2.16. The Bertz CT molecular complexity index is 776. The van der Waals surface area contributed by atoms with Crippen LogP contribution in [0.3, 0.4) is 0 Å². The first-order valence-corrected chi connectivity index (χ1v) is 9.16. The molecule has 0 aliphatic rings. The predicted octanol–water partition coefficient (Wildman–Crippen LogP) is 2.87. The highest BCUT2D eigenvalue weighted by molar-refractivity contribution is 14.1. The van der Waals surface area contributed by atoms with E-state index in [9.17, 15) is 8.42 Å². The molecule has 3 N–H and O–H groups in total. The molecule has 0 bridgehead atoms. The Kier molecular flexibility index (Phi) is 5.17. The van der Waals surface area contributed by atoms with Crippen molar-refractivity contribution < 1.29 is 8.42 Å². The van der Waals surface area contributed by atoms with Crippen LogP contribution in [-0.4, -0.2) is 13.4 Å². The van der Waals surface area contributed by atoms with Crippen molar-refractivity contribution in [3.05, 3.63) is 63.2 Å². The molecule has 0 spiro atoms. The van der Waals surface area contributed by atoms with Crippen LogP contribution in [-0.2, 0) is 15.8 Å². The molecule has 110 valence electrons. The molecule has 0 fully saturated rings. The lowest BCUT2D eigenvalue weighted by Gasteiger charge is -2.12. The molecule has 0 aliphatic carbocycles. The van der Waals surface area contributed by atoms with Crippen LogP contribution in [0.1, 0.15) is 11.1 Å². The molecular weight excluding hydrogens is 419 g/mol. The monoisotopic (exact) mass is 432 g/mol. The molecular formula is C14H13IN2O2S2. The number of anilines is 1. The lowest BCUT2D eigenvalue weighted by molar-refractivity contribution is 0.600. The topological polar surface area (TPSA) is 72.2 Å². The van der Waals surface area contributed by atoms with Crippen molar-refractivity contribution in [2.45, 2.75) is 5.75 Å². The number of hydrogen-bond acceptors (Lipinski definition) is 3. The Labute approximate surface area is 142 Å². The van der Waals surface area contributed by atoms with Crippen molar-refractivity contribution in [3.8, 4) is 0 Å². The minimum atomic E-state index is -3.54. The van der Waals surface area contributed by atoms with Gasteiger partial charge in [0.05, 0.1) is 11.4 Å².